The standard InChI is InChI=1S/C24H19ClN6O3S/c25-19-3-1-17(2-4-19)14-31-12-11-27-23(31)15-34-24-21-6-5-20(13-18(21)7-10-28-24)35(32,33)30-22-8-9-26-16-29-22/h1-13,16H,14-15H2,(H,26,29,30). The molecule has 0 saturated heterocycles. The lowest BCUT2D eigenvalue weighted by Gasteiger charge is -2.12. The molecule has 1 N–H and O–H groups in total. The van der Waals surface area contributed by atoms with Crippen molar-refractivity contribution in [2.75, 3.05) is 4.72 Å². The zero-order chi connectivity index (χ0) is 24.3. The Hall–Kier alpha value is -4.02. The number of aromatic nitrogens is 5. The predicted octanol–water partition coefficient (Wildman–Crippen LogP) is 4.30. The molecule has 0 fully saturated rings. The van der Waals surface area contributed by atoms with Gasteiger partial charge in [-0.25, -0.2) is 28.4 Å². The number of anilines is 1. The van der Waals surface area contributed by atoms with E-state index in [1.165, 1.54) is 24.7 Å². The summed E-state index contributed by atoms with van der Waals surface area (Å²) in [5, 5.41) is 2.04. The Morgan fingerprint density at radius 2 is 1.80 bits per heavy atom. The Labute approximate surface area is 206 Å². The topological polar surface area (TPSA) is 112 Å². The Morgan fingerprint density at radius 3 is 2.60 bits per heavy atom. The van der Waals surface area contributed by atoms with E-state index in [1.54, 1.807) is 30.6 Å². The van der Waals surface area contributed by atoms with Gasteiger partial charge in [-0.15, -0.1) is 0 Å². The smallest absolute Gasteiger partial charge is 0.263 e. The van der Waals surface area contributed by atoms with Crippen molar-refractivity contribution in [3.8, 4) is 5.88 Å². The maximum Gasteiger partial charge on any atom is 0.263 e. The van der Waals surface area contributed by atoms with Gasteiger partial charge in [0.2, 0.25) is 5.88 Å². The van der Waals surface area contributed by atoms with Gasteiger partial charge in [0.1, 0.15) is 24.6 Å². The number of sulfonamides is 1. The highest BCUT2D eigenvalue weighted by Gasteiger charge is 2.17. The molecule has 0 saturated carbocycles. The summed E-state index contributed by atoms with van der Waals surface area (Å²) in [5.41, 5.74) is 1.08. The summed E-state index contributed by atoms with van der Waals surface area (Å²) in [7, 11) is -3.83. The van der Waals surface area contributed by atoms with Gasteiger partial charge in [-0.1, -0.05) is 23.7 Å². The van der Waals surface area contributed by atoms with Crippen molar-refractivity contribution in [1.82, 2.24) is 24.5 Å². The number of hydrogen-bond acceptors (Lipinski definition) is 7. The molecule has 0 amide bonds. The monoisotopic (exact) mass is 506 g/mol. The van der Waals surface area contributed by atoms with Gasteiger partial charge in [-0.2, -0.15) is 0 Å². The molecule has 3 aromatic heterocycles. The fourth-order valence-corrected chi connectivity index (χ4v) is 4.67. The van der Waals surface area contributed by atoms with Gasteiger partial charge in [-0.3, -0.25) is 4.72 Å². The zero-order valence-corrected chi connectivity index (χ0v) is 19.8. The number of hydrogen-bond donors (Lipinski definition) is 1. The molecule has 11 heteroatoms. The number of nitrogens with zero attached hydrogens (tertiary/aromatic N) is 5. The molecule has 0 spiro atoms. The van der Waals surface area contributed by atoms with Gasteiger partial charge in [0, 0.05) is 41.7 Å². The van der Waals surface area contributed by atoms with E-state index in [4.69, 9.17) is 16.3 Å². The second kappa shape index (κ2) is 9.69. The molecule has 0 aliphatic carbocycles. The number of pyridine rings is 1. The van der Waals surface area contributed by atoms with Crippen LogP contribution in [-0.4, -0.2) is 32.9 Å². The van der Waals surface area contributed by atoms with Crippen LogP contribution in [0.3, 0.4) is 0 Å². The summed E-state index contributed by atoms with van der Waals surface area (Å²) in [6, 6.07) is 15.6. The molecule has 0 radical (unpaired) electrons. The molecule has 0 aliphatic heterocycles. The normalized spacial score (nSPS) is 11.5. The Balaban J connectivity index is 1.34. The van der Waals surface area contributed by atoms with Gasteiger partial charge in [0.05, 0.1) is 4.90 Å². The highest BCUT2D eigenvalue weighted by atomic mass is 35.5. The summed E-state index contributed by atoms with van der Waals surface area (Å²) in [4.78, 5) is 16.5. The summed E-state index contributed by atoms with van der Waals surface area (Å²) >= 11 is 5.97. The van der Waals surface area contributed by atoms with E-state index >= 15 is 0 Å². The molecule has 9 nitrogen and oxygen atoms in total. The first-order valence-corrected chi connectivity index (χ1v) is 12.4. The molecule has 0 atom stereocenters. The lowest BCUT2D eigenvalue weighted by molar-refractivity contribution is 0.283. The first-order valence-electron chi connectivity index (χ1n) is 10.5. The molecule has 3 heterocycles. The van der Waals surface area contributed by atoms with E-state index in [1.807, 2.05) is 35.0 Å². The van der Waals surface area contributed by atoms with Crippen molar-refractivity contribution in [3.05, 3.63) is 102 Å². The molecule has 0 unspecified atom stereocenters. The molecule has 5 aromatic rings. The van der Waals surface area contributed by atoms with Gasteiger partial charge in [0.25, 0.3) is 10.0 Å². The van der Waals surface area contributed by atoms with Crippen LogP contribution in [0.2, 0.25) is 5.02 Å². The quantitative estimate of drug-likeness (QED) is 0.334. The van der Waals surface area contributed by atoms with Crippen molar-refractivity contribution < 1.29 is 13.2 Å². The van der Waals surface area contributed by atoms with Crippen LogP contribution >= 0.6 is 11.6 Å². The maximum atomic E-state index is 12.8. The van der Waals surface area contributed by atoms with Gasteiger partial charge in [0.15, 0.2) is 0 Å². The highest BCUT2D eigenvalue weighted by molar-refractivity contribution is 7.92. The Kier molecular flexibility index (Phi) is 6.30. The summed E-state index contributed by atoms with van der Waals surface area (Å²) < 4.78 is 36.0. The second-order valence-electron chi connectivity index (χ2n) is 7.59. The van der Waals surface area contributed by atoms with Gasteiger partial charge >= 0.3 is 0 Å². The lowest BCUT2D eigenvalue weighted by atomic mass is 10.2. The average Bonchev–Trinajstić information content (AvgIpc) is 3.31. The van der Waals surface area contributed by atoms with Crippen molar-refractivity contribution in [2.24, 2.45) is 0 Å². The average molecular weight is 507 g/mol. The lowest BCUT2D eigenvalue weighted by Crippen LogP contribution is -2.14. The van der Waals surface area contributed by atoms with Gasteiger partial charge < -0.3 is 9.30 Å². The van der Waals surface area contributed by atoms with E-state index in [0.29, 0.717) is 28.2 Å². The number of nitrogens with one attached hydrogen (secondary N) is 1. The van der Waals surface area contributed by atoms with E-state index < -0.39 is 10.0 Å². The first kappa shape index (κ1) is 22.8. The number of fused-ring (bicyclic) bond motifs is 1. The van der Waals surface area contributed by atoms with E-state index in [9.17, 15) is 8.42 Å². The minimum Gasteiger partial charge on any atom is -0.469 e. The molecular weight excluding hydrogens is 488 g/mol. The third-order valence-corrected chi connectivity index (χ3v) is 6.84. The maximum absolute atomic E-state index is 12.8. The van der Waals surface area contributed by atoms with Crippen LogP contribution < -0.4 is 9.46 Å². The van der Waals surface area contributed by atoms with E-state index in [0.717, 1.165) is 11.4 Å². The fraction of sp³-hybridized carbons (Fsp3) is 0.0833. The largest absolute Gasteiger partial charge is 0.469 e. The number of ether oxygens (including phenoxy) is 1. The summed E-state index contributed by atoms with van der Waals surface area (Å²) in [5.74, 6) is 1.30. The second-order valence-corrected chi connectivity index (χ2v) is 9.70. The van der Waals surface area contributed by atoms with Crippen LogP contribution in [0.25, 0.3) is 10.8 Å². The van der Waals surface area contributed by atoms with E-state index in [-0.39, 0.29) is 17.3 Å². The molecule has 35 heavy (non-hydrogen) atoms. The van der Waals surface area contributed by atoms with Crippen LogP contribution in [0, 0.1) is 0 Å². The molecule has 5 rings (SSSR count). The first-order chi connectivity index (χ1) is 17.0. The van der Waals surface area contributed by atoms with Crippen molar-refractivity contribution >= 4 is 38.2 Å². The van der Waals surface area contributed by atoms with Crippen LogP contribution in [0.5, 0.6) is 5.88 Å². The number of benzene rings is 2. The third kappa shape index (κ3) is 5.23. The Morgan fingerprint density at radius 1 is 0.943 bits per heavy atom. The SMILES string of the molecule is O=S(=O)(Nc1ccncn1)c1ccc2c(OCc3nccn3Cc3ccc(Cl)cc3)nccc2c1. The number of rotatable bonds is 8. The molecule has 0 aliphatic rings. The molecule has 2 aromatic carbocycles. The van der Waals surface area contributed by atoms with Crippen LogP contribution in [0.15, 0.2) is 90.6 Å². The van der Waals surface area contributed by atoms with Crippen molar-refractivity contribution in [1.29, 1.82) is 0 Å². The molecule has 0 bridgehead atoms. The van der Waals surface area contributed by atoms with Crippen LogP contribution in [0.4, 0.5) is 5.82 Å². The van der Waals surface area contributed by atoms with Crippen LogP contribution in [0.1, 0.15) is 11.4 Å². The summed E-state index contributed by atoms with van der Waals surface area (Å²) in [6.45, 7) is 0.821. The van der Waals surface area contributed by atoms with Crippen molar-refractivity contribution in [2.45, 2.75) is 18.0 Å². The third-order valence-electron chi connectivity index (χ3n) is 5.24. The fourth-order valence-electron chi connectivity index (χ4n) is 3.50. The highest BCUT2D eigenvalue weighted by Crippen LogP contribution is 2.27. The minimum absolute atomic E-state index is 0.0965. The molecular formula is C24H19ClN6O3S. The van der Waals surface area contributed by atoms with Crippen LogP contribution in [-0.2, 0) is 23.2 Å². The predicted molar refractivity (Wildman–Crippen MR) is 132 cm³/mol. The van der Waals surface area contributed by atoms with Crippen molar-refractivity contribution in [3.63, 3.8) is 0 Å². The zero-order valence-electron chi connectivity index (χ0n) is 18.2. The number of imidazole rings is 1. The Bertz CT molecular complexity index is 1570. The molecule has 176 valence electrons. The number of halogens is 1. The van der Waals surface area contributed by atoms with E-state index in [2.05, 4.69) is 24.7 Å². The summed E-state index contributed by atoms with van der Waals surface area (Å²) in [6.07, 6.45) is 7.90. The minimum atomic E-state index is -3.83. The van der Waals surface area contributed by atoms with Gasteiger partial charge in [-0.05, 0) is 53.4 Å².